The fraction of sp³-hybridized carbons (Fsp3) is 0.714. The summed E-state index contributed by atoms with van der Waals surface area (Å²) >= 11 is 0. The first-order valence-corrected chi connectivity index (χ1v) is 3.63. The van der Waals surface area contributed by atoms with Crippen LogP contribution in [-0.4, -0.2) is 41.6 Å². The fourth-order valence-electron chi connectivity index (χ4n) is 0.767. The van der Waals surface area contributed by atoms with E-state index in [4.69, 9.17) is 5.11 Å². The van der Waals surface area contributed by atoms with E-state index in [9.17, 15) is 14.7 Å². The smallest absolute Gasteiger partial charge is 0.305 e. The summed E-state index contributed by atoms with van der Waals surface area (Å²) < 4.78 is 0. The molecule has 0 aromatic rings. The normalized spacial score (nSPS) is 9.50. The van der Waals surface area contributed by atoms with Gasteiger partial charge in [0.2, 0.25) is 5.91 Å². The molecule has 1 radical (unpaired) electrons. The number of amides is 1. The Labute approximate surface area is 70.6 Å². The topological polar surface area (TPSA) is 77.5 Å². The van der Waals surface area contributed by atoms with Crippen molar-refractivity contribution in [2.75, 3.05) is 19.7 Å². The van der Waals surface area contributed by atoms with Crippen LogP contribution >= 0.6 is 0 Å². The van der Waals surface area contributed by atoms with Gasteiger partial charge in [-0.1, -0.05) is 0 Å². The zero-order valence-electron chi connectivity index (χ0n) is 6.95. The van der Waals surface area contributed by atoms with Gasteiger partial charge in [-0.2, -0.15) is 0 Å². The molecule has 69 valence electrons. The van der Waals surface area contributed by atoms with Gasteiger partial charge in [0, 0.05) is 20.0 Å². The average molecular weight is 174 g/mol. The maximum Gasteiger partial charge on any atom is 0.305 e. The highest BCUT2D eigenvalue weighted by Gasteiger charge is 2.09. The van der Waals surface area contributed by atoms with Crippen LogP contribution in [0.2, 0.25) is 0 Å². The lowest BCUT2D eigenvalue weighted by atomic mass is 10.3. The Kier molecular flexibility index (Phi) is 5.03. The number of carboxylic acid groups (broad SMARTS) is 1. The van der Waals surface area contributed by atoms with E-state index in [1.165, 1.54) is 11.8 Å². The van der Waals surface area contributed by atoms with Crippen LogP contribution < -0.4 is 0 Å². The van der Waals surface area contributed by atoms with E-state index in [1.807, 2.05) is 0 Å². The highest BCUT2D eigenvalue weighted by molar-refractivity contribution is 5.74. The summed E-state index contributed by atoms with van der Waals surface area (Å²) in [4.78, 5) is 22.1. The molecular formula is C7H12NO4. The van der Waals surface area contributed by atoms with Gasteiger partial charge in [0.05, 0.1) is 13.0 Å². The Morgan fingerprint density at radius 3 is 2.25 bits per heavy atom. The molecule has 1 amide bonds. The molecule has 5 nitrogen and oxygen atoms in total. The highest BCUT2D eigenvalue weighted by Crippen LogP contribution is 1.92. The van der Waals surface area contributed by atoms with Gasteiger partial charge in [-0.15, -0.1) is 0 Å². The lowest BCUT2D eigenvalue weighted by molar-refractivity contribution is -0.138. The second-order valence-corrected chi connectivity index (χ2v) is 2.35. The molecule has 0 unspecified atom stereocenters. The molecule has 0 aliphatic carbocycles. The summed E-state index contributed by atoms with van der Waals surface area (Å²) in [7, 11) is 0. The Balaban J connectivity index is 3.79. The molecular weight excluding hydrogens is 162 g/mol. The Morgan fingerprint density at radius 2 is 1.92 bits per heavy atom. The Bertz CT molecular complexity index is 169. The van der Waals surface area contributed by atoms with Gasteiger partial charge in [0.1, 0.15) is 0 Å². The number of hydrogen-bond donors (Lipinski definition) is 1. The van der Waals surface area contributed by atoms with Crippen molar-refractivity contribution in [1.82, 2.24) is 4.90 Å². The fourth-order valence-corrected chi connectivity index (χ4v) is 0.767. The zero-order chi connectivity index (χ0) is 9.56. The van der Waals surface area contributed by atoms with Crippen LogP contribution in [0.5, 0.6) is 0 Å². The maximum atomic E-state index is 10.7. The lowest BCUT2D eigenvalue weighted by Gasteiger charge is -2.17. The van der Waals surface area contributed by atoms with E-state index < -0.39 is 5.97 Å². The standard InChI is InChI=1S/C7H12NO4/c1-6(10)8(4-5-9)3-2-7(11)12/h2-5H2,1H3,(H,11,12). The van der Waals surface area contributed by atoms with Crippen molar-refractivity contribution in [1.29, 1.82) is 0 Å². The van der Waals surface area contributed by atoms with Crippen molar-refractivity contribution in [2.24, 2.45) is 0 Å². The minimum Gasteiger partial charge on any atom is -0.481 e. The minimum absolute atomic E-state index is 0.0859. The molecule has 1 N–H and O–H groups in total. The van der Waals surface area contributed by atoms with Crippen molar-refractivity contribution >= 4 is 11.9 Å². The van der Waals surface area contributed by atoms with E-state index in [-0.39, 0.29) is 32.0 Å². The molecule has 0 aliphatic rings. The van der Waals surface area contributed by atoms with Gasteiger partial charge in [0.25, 0.3) is 0 Å². The van der Waals surface area contributed by atoms with Crippen LogP contribution in [0.25, 0.3) is 0 Å². The molecule has 0 bridgehead atoms. The molecule has 0 aromatic carbocycles. The van der Waals surface area contributed by atoms with E-state index in [0.29, 0.717) is 0 Å². The molecule has 0 rings (SSSR count). The largest absolute Gasteiger partial charge is 0.481 e. The van der Waals surface area contributed by atoms with Gasteiger partial charge in [-0.25, -0.2) is 5.11 Å². The summed E-state index contributed by atoms with van der Waals surface area (Å²) in [6.45, 7) is 1.13. The van der Waals surface area contributed by atoms with Crippen molar-refractivity contribution in [3.05, 3.63) is 0 Å². The van der Waals surface area contributed by atoms with Crippen LogP contribution in [0.1, 0.15) is 13.3 Å². The number of carbonyl (C=O) groups is 2. The molecule has 0 aliphatic heterocycles. The van der Waals surface area contributed by atoms with E-state index in [1.54, 1.807) is 0 Å². The quantitative estimate of drug-likeness (QED) is 0.623. The van der Waals surface area contributed by atoms with Gasteiger partial charge in [0.15, 0.2) is 0 Å². The molecule has 0 heterocycles. The second-order valence-electron chi connectivity index (χ2n) is 2.35. The summed E-state index contributed by atoms with van der Waals surface area (Å²) in [6.07, 6.45) is -0.112. The molecule has 0 fully saturated rings. The first-order valence-electron chi connectivity index (χ1n) is 3.63. The predicted octanol–water partition coefficient (Wildman–Crippen LogP) is -0.260. The third-order valence-electron chi connectivity index (χ3n) is 1.40. The van der Waals surface area contributed by atoms with E-state index in [2.05, 4.69) is 0 Å². The first-order chi connectivity index (χ1) is 5.57. The lowest BCUT2D eigenvalue weighted by Crippen LogP contribution is -2.33. The van der Waals surface area contributed by atoms with Crippen molar-refractivity contribution in [3.8, 4) is 0 Å². The van der Waals surface area contributed by atoms with Crippen molar-refractivity contribution in [3.63, 3.8) is 0 Å². The van der Waals surface area contributed by atoms with Crippen LogP contribution in [0.4, 0.5) is 0 Å². The average Bonchev–Trinajstić information content (AvgIpc) is 1.96. The van der Waals surface area contributed by atoms with Gasteiger partial charge in [-0.05, 0) is 0 Å². The number of rotatable bonds is 5. The maximum absolute atomic E-state index is 10.7. The SMILES string of the molecule is CC(=O)N(CC[O])CCC(=O)O. The summed E-state index contributed by atoms with van der Waals surface area (Å²) in [5, 5.41) is 18.4. The second kappa shape index (κ2) is 5.54. The molecule has 0 atom stereocenters. The van der Waals surface area contributed by atoms with Crippen LogP contribution in [0, 0.1) is 0 Å². The Morgan fingerprint density at radius 1 is 1.33 bits per heavy atom. The third-order valence-corrected chi connectivity index (χ3v) is 1.40. The first kappa shape index (κ1) is 10.9. The van der Waals surface area contributed by atoms with Gasteiger partial charge in [-0.3, -0.25) is 9.59 Å². The number of hydrogen-bond acceptors (Lipinski definition) is 2. The zero-order valence-corrected chi connectivity index (χ0v) is 6.95. The van der Waals surface area contributed by atoms with Gasteiger partial charge < -0.3 is 10.0 Å². The summed E-state index contributed by atoms with van der Waals surface area (Å²) in [5.41, 5.74) is 0. The number of carbonyl (C=O) groups excluding carboxylic acids is 1. The molecule has 0 saturated heterocycles. The van der Waals surface area contributed by atoms with E-state index >= 15 is 0 Å². The summed E-state index contributed by atoms with van der Waals surface area (Å²) in [6, 6.07) is 0. The number of nitrogens with zero attached hydrogens (tertiary/aromatic N) is 1. The highest BCUT2D eigenvalue weighted by atomic mass is 16.4. The predicted molar refractivity (Wildman–Crippen MR) is 40.1 cm³/mol. The van der Waals surface area contributed by atoms with Crippen molar-refractivity contribution < 1.29 is 19.8 Å². The Hall–Kier alpha value is -1.10. The molecule has 0 spiro atoms. The van der Waals surface area contributed by atoms with Crippen LogP contribution in [0.3, 0.4) is 0 Å². The monoisotopic (exact) mass is 174 g/mol. The minimum atomic E-state index is -0.966. The third kappa shape index (κ3) is 4.68. The molecule has 5 heteroatoms. The molecule has 12 heavy (non-hydrogen) atoms. The van der Waals surface area contributed by atoms with Gasteiger partial charge >= 0.3 is 5.97 Å². The van der Waals surface area contributed by atoms with E-state index in [0.717, 1.165) is 0 Å². The molecule has 0 saturated carbocycles. The molecule has 0 aromatic heterocycles. The van der Waals surface area contributed by atoms with Crippen LogP contribution in [0.15, 0.2) is 0 Å². The summed E-state index contributed by atoms with van der Waals surface area (Å²) in [5.74, 6) is -1.22. The van der Waals surface area contributed by atoms with Crippen LogP contribution in [-0.2, 0) is 14.7 Å². The number of aliphatic carboxylic acids is 1. The van der Waals surface area contributed by atoms with Crippen molar-refractivity contribution in [2.45, 2.75) is 13.3 Å². The number of carboxylic acids is 1.